The van der Waals surface area contributed by atoms with Crippen LogP contribution in [0, 0.1) is 19.8 Å². The molecule has 3 aromatic rings. The number of sulfonamides is 1. The molecule has 0 unspecified atom stereocenters. The summed E-state index contributed by atoms with van der Waals surface area (Å²) in [5.74, 6) is -0.274. The van der Waals surface area contributed by atoms with Crippen molar-refractivity contribution in [1.82, 2.24) is 18.9 Å². The molecule has 0 aliphatic carbocycles. The first-order chi connectivity index (χ1) is 15.8. The van der Waals surface area contributed by atoms with E-state index in [1.165, 1.54) is 11.4 Å². The average molecular weight is 473 g/mol. The molecule has 4 rings (SSSR count). The number of piperidine rings is 1. The van der Waals surface area contributed by atoms with Crippen LogP contribution in [-0.4, -0.2) is 60.1 Å². The third-order valence-corrected chi connectivity index (χ3v) is 7.86. The largest absolute Gasteiger partial charge is 0.495 e. The number of carbonyl (C=O) groups is 1. The fourth-order valence-electron chi connectivity index (χ4n) is 4.25. The topological polar surface area (TPSA) is 103 Å². The van der Waals surface area contributed by atoms with E-state index < -0.39 is 10.0 Å². The van der Waals surface area contributed by atoms with Gasteiger partial charge in [-0.3, -0.25) is 4.79 Å². The van der Waals surface area contributed by atoms with Crippen molar-refractivity contribution in [2.75, 3.05) is 26.8 Å². The molecule has 0 atom stereocenters. The van der Waals surface area contributed by atoms with E-state index in [4.69, 9.17) is 9.47 Å². The lowest BCUT2D eigenvalue weighted by Gasteiger charge is -2.30. The van der Waals surface area contributed by atoms with Crippen LogP contribution in [0.5, 0.6) is 5.75 Å². The molecule has 2 aromatic heterocycles. The maximum atomic E-state index is 13.6. The Morgan fingerprint density at radius 3 is 2.58 bits per heavy atom. The van der Waals surface area contributed by atoms with Gasteiger partial charge in [0.25, 0.3) is 0 Å². The number of carbonyl (C=O) groups excluding carboxylic acids is 1. The summed E-state index contributed by atoms with van der Waals surface area (Å²) in [6.45, 7) is 6.43. The van der Waals surface area contributed by atoms with E-state index in [0.29, 0.717) is 30.7 Å². The van der Waals surface area contributed by atoms with E-state index in [1.54, 1.807) is 35.8 Å². The summed E-state index contributed by atoms with van der Waals surface area (Å²) in [4.78, 5) is 16.7. The van der Waals surface area contributed by atoms with Crippen molar-refractivity contribution in [1.29, 1.82) is 0 Å². The van der Waals surface area contributed by atoms with Gasteiger partial charge >= 0.3 is 5.97 Å². The molecule has 0 N–H and O–H groups in total. The van der Waals surface area contributed by atoms with E-state index in [-0.39, 0.29) is 35.6 Å². The molecule has 1 aliphatic heterocycles. The first-order valence-corrected chi connectivity index (χ1v) is 12.4. The highest BCUT2D eigenvalue weighted by molar-refractivity contribution is 7.89. The second-order valence-electron chi connectivity index (χ2n) is 8.13. The monoisotopic (exact) mass is 472 g/mol. The molecule has 3 heterocycles. The number of aromatic nitrogens is 3. The second-order valence-corrected chi connectivity index (χ2v) is 10.0. The quantitative estimate of drug-likeness (QED) is 0.508. The second kappa shape index (κ2) is 9.11. The summed E-state index contributed by atoms with van der Waals surface area (Å²) >= 11 is 0. The number of hydrogen-bond acceptors (Lipinski definition) is 7. The van der Waals surface area contributed by atoms with Gasteiger partial charge in [-0.05, 0) is 57.4 Å². The Bertz CT molecular complexity index is 1290. The normalized spacial score (nSPS) is 15.6. The van der Waals surface area contributed by atoms with Gasteiger partial charge in [-0.2, -0.15) is 9.40 Å². The number of methoxy groups -OCH3 is 1. The lowest BCUT2D eigenvalue weighted by atomic mass is 9.98. The van der Waals surface area contributed by atoms with Gasteiger partial charge in [-0.15, -0.1) is 0 Å². The van der Waals surface area contributed by atoms with Gasteiger partial charge in [0.15, 0.2) is 5.65 Å². The van der Waals surface area contributed by atoms with Gasteiger partial charge in [0.1, 0.15) is 10.6 Å². The standard InChI is InChI=1S/C23H28N4O5S/c1-5-32-23(28)17-8-10-26(11-9-17)33(29,30)21-13-18(6-7-20(21)31-4)19-14-24-27-16(3)12-15(2)25-22(19)27/h6-7,12-14,17H,5,8-11H2,1-4H3. The molecule has 9 nitrogen and oxygen atoms in total. The SMILES string of the molecule is CCOC(=O)C1CCN(S(=O)(=O)c2cc(-c3cnn4c(C)cc(C)nc34)ccc2OC)CC1. The summed E-state index contributed by atoms with van der Waals surface area (Å²) in [7, 11) is -2.39. The van der Waals surface area contributed by atoms with Gasteiger partial charge < -0.3 is 9.47 Å². The molecule has 0 radical (unpaired) electrons. The van der Waals surface area contributed by atoms with Crippen LogP contribution in [-0.2, 0) is 19.6 Å². The van der Waals surface area contributed by atoms with Gasteiger partial charge in [0.2, 0.25) is 10.0 Å². The van der Waals surface area contributed by atoms with Gasteiger partial charge in [0.05, 0.1) is 25.8 Å². The Labute approximate surface area is 193 Å². The molecule has 1 fully saturated rings. The molecule has 1 saturated heterocycles. The van der Waals surface area contributed by atoms with Crippen LogP contribution in [0.25, 0.3) is 16.8 Å². The molecule has 1 aliphatic rings. The summed E-state index contributed by atoms with van der Waals surface area (Å²) in [5.41, 5.74) is 3.88. The van der Waals surface area contributed by atoms with Gasteiger partial charge in [0, 0.05) is 30.0 Å². The first kappa shape index (κ1) is 23.2. The fourth-order valence-corrected chi connectivity index (χ4v) is 5.90. The number of esters is 1. The van der Waals surface area contributed by atoms with E-state index >= 15 is 0 Å². The molecule has 0 bridgehead atoms. The van der Waals surface area contributed by atoms with Crippen molar-refractivity contribution in [2.24, 2.45) is 5.92 Å². The average Bonchev–Trinajstić information content (AvgIpc) is 3.23. The lowest BCUT2D eigenvalue weighted by molar-refractivity contribution is -0.149. The molecular formula is C23H28N4O5S. The zero-order chi connectivity index (χ0) is 23.8. The summed E-state index contributed by atoms with van der Waals surface area (Å²) < 4.78 is 40.7. The number of nitrogens with zero attached hydrogens (tertiary/aromatic N) is 4. The minimum Gasteiger partial charge on any atom is -0.495 e. The highest BCUT2D eigenvalue weighted by Crippen LogP contribution is 2.35. The number of hydrogen-bond donors (Lipinski definition) is 0. The van der Waals surface area contributed by atoms with Crippen LogP contribution < -0.4 is 4.74 Å². The van der Waals surface area contributed by atoms with Crippen molar-refractivity contribution in [3.63, 3.8) is 0 Å². The zero-order valence-corrected chi connectivity index (χ0v) is 20.1. The number of benzene rings is 1. The molecule has 0 amide bonds. The number of aryl methyl sites for hydroxylation is 2. The summed E-state index contributed by atoms with van der Waals surface area (Å²) in [5, 5.41) is 4.42. The Balaban J connectivity index is 1.69. The van der Waals surface area contributed by atoms with Crippen LogP contribution >= 0.6 is 0 Å². The lowest BCUT2D eigenvalue weighted by Crippen LogP contribution is -2.40. The van der Waals surface area contributed by atoms with E-state index in [1.807, 2.05) is 19.9 Å². The van der Waals surface area contributed by atoms with Crippen LogP contribution in [0.15, 0.2) is 35.4 Å². The smallest absolute Gasteiger partial charge is 0.309 e. The fraction of sp³-hybridized carbons (Fsp3) is 0.435. The maximum Gasteiger partial charge on any atom is 0.309 e. The van der Waals surface area contributed by atoms with Gasteiger partial charge in [-0.1, -0.05) is 6.07 Å². The van der Waals surface area contributed by atoms with Crippen molar-refractivity contribution in [3.8, 4) is 16.9 Å². The maximum absolute atomic E-state index is 13.6. The summed E-state index contributed by atoms with van der Waals surface area (Å²) in [6, 6.07) is 7.01. The van der Waals surface area contributed by atoms with Crippen LogP contribution in [0.3, 0.4) is 0 Å². The third-order valence-electron chi connectivity index (χ3n) is 5.94. The third kappa shape index (κ3) is 4.32. The van der Waals surface area contributed by atoms with Crippen LogP contribution in [0.1, 0.15) is 31.2 Å². The summed E-state index contributed by atoms with van der Waals surface area (Å²) in [6.07, 6.45) is 2.55. The Morgan fingerprint density at radius 2 is 1.91 bits per heavy atom. The van der Waals surface area contributed by atoms with Crippen molar-refractivity contribution < 1.29 is 22.7 Å². The van der Waals surface area contributed by atoms with Crippen LogP contribution in [0.2, 0.25) is 0 Å². The Kier molecular flexibility index (Phi) is 6.40. The minimum absolute atomic E-state index is 0.0841. The molecule has 10 heteroatoms. The zero-order valence-electron chi connectivity index (χ0n) is 19.2. The molecule has 0 spiro atoms. The molecule has 1 aromatic carbocycles. The number of ether oxygens (including phenoxy) is 2. The van der Waals surface area contributed by atoms with Gasteiger partial charge in [-0.25, -0.2) is 17.9 Å². The first-order valence-electron chi connectivity index (χ1n) is 10.9. The molecule has 176 valence electrons. The molecule has 0 saturated carbocycles. The van der Waals surface area contributed by atoms with Crippen molar-refractivity contribution >= 4 is 21.6 Å². The Morgan fingerprint density at radius 1 is 1.18 bits per heavy atom. The highest BCUT2D eigenvalue weighted by Gasteiger charge is 2.34. The Hall–Kier alpha value is -2.98. The van der Waals surface area contributed by atoms with Crippen molar-refractivity contribution in [2.45, 2.75) is 38.5 Å². The minimum atomic E-state index is -3.84. The number of rotatable bonds is 6. The highest BCUT2D eigenvalue weighted by atomic mass is 32.2. The predicted octanol–water partition coefficient (Wildman–Crippen LogP) is 2.99. The van der Waals surface area contributed by atoms with E-state index in [2.05, 4.69) is 10.1 Å². The molecule has 33 heavy (non-hydrogen) atoms. The number of fused-ring (bicyclic) bond motifs is 1. The van der Waals surface area contributed by atoms with E-state index in [0.717, 1.165) is 17.0 Å². The van der Waals surface area contributed by atoms with Crippen molar-refractivity contribution in [3.05, 3.63) is 41.9 Å². The predicted molar refractivity (Wildman–Crippen MR) is 123 cm³/mol. The van der Waals surface area contributed by atoms with E-state index in [9.17, 15) is 13.2 Å². The molecular weight excluding hydrogens is 444 g/mol. The van der Waals surface area contributed by atoms with Crippen LogP contribution in [0.4, 0.5) is 0 Å².